The maximum absolute atomic E-state index is 12.0. The highest BCUT2D eigenvalue weighted by Crippen LogP contribution is 2.22. The highest BCUT2D eigenvalue weighted by Gasteiger charge is 2.12. The summed E-state index contributed by atoms with van der Waals surface area (Å²) in [6.07, 6.45) is 2.37. The van der Waals surface area contributed by atoms with Gasteiger partial charge in [0.05, 0.1) is 6.04 Å². The molecule has 0 bridgehead atoms. The molecule has 0 aliphatic carbocycles. The van der Waals surface area contributed by atoms with Crippen LogP contribution in [0.2, 0.25) is 0 Å². The van der Waals surface area contributed by atoms with Gasteiger partial charge in [-0.05, 0) is 48.2 Å². The Labute approximate surface area is 165 Å². The average Bonchev–Trinajstić information content (AvgIpc) is 2.71. The quantitative estimate of drug-likeness (QED) is 0.433. The molecule has 0 aliphatic heterocycles. The zero-order chi connectivity index (χ0) is 20.4. The zero-order valence-corrected chi connectivity index (χ0v) is 15.9. The first-order valence-corrected chi connectivity index (χ1v) is 9.33. The number of nitrogens with two attached hydrogens (primary N) is 3. The number of amides is 2. The Morgan fingerprint density at radius 3 is 2.14 bits per heavy atom. The van der Waals surface area contributed by atoms with Crippen molar-refractivity contribution in [2.75, 3.05) is 13.2 Å². The summed E-state index contributed by atoms with van der Waals surface area (Å²) in [6.45, 7) is 0.907. The van der Waals surface area contributed by atoms with Gasteiger partial charge in [0.1, 0.15) is 5.75 Å². The fourth-order valence-corrected chi connectivity index (χ4v) is 2.67. The standard InChI is InChI=1S/C21H28N4O3/c22-12-2-1-3-19(23)21(27)25-13-15-4-6-16(7-5-15)17-8-10-18(11-9-17)28-14-20(24)26/h4-11,19H,1-3,12-14,22-23H2,(H2,24,26)(H,25,27)/t19-/m0/s1. The first kappa shape index (κ1) is 21.4. The number of hydrogen-bond acceptors (Lipinski definition) is 5. The van der Waals surface area contributed by atoms with E-state index in [-0.39, 0.29) is 12.5 Å². The number of rotatable bonds is 11. The predicted molar refractivity (Wildman–Crippen MR) is 109 cm³/mol. The van der Waals surface area contributed by atoms with Crippen LogP contribution in [0.3, 0.4) is 0 Å². The van der Waals surface area contributed by atoms with Crippen molar-refractivity contribution in [2.45, 2.75) is 31.8 Å². The fraction of sp³-hybridized carbons (Fsp3) is 0.333. The van der Waals surface area contributed by atoms with Crippen LogP contribution < -0.4 is 27.3 Å². The van der Waals surface area contributed by atoms with Gasteiger partial charge in [0.25, 0.3) is 5.91 Å². The van der Waals surface area contributed by atoms with E-state index in [1.165, 1.54) is 0 Å². The molecule has 0 saturated carbocycles. The molecular weight excluding hydrogens is 356 g/mol. The molecule has 2 rings (SSSR count). The molecule has 0 spiro atoms. The molecule has 7 N–H and O–H groups in total. The van der Waals surface area contributed by atoms with Gasteiger partial charge in [-0.1, -0.05) is 42.8 Å². The summed E-state index contributed by atoms with van der Waals surface area (Å²) in [4.78, 5) is 22.8. The Balaban J connectivity index is 1.85. The number of nitrogens with one attached hydrogen (secondary N) is 1. The zero-order valence-electron chi connectivity index (χ0n) is 15.9. The topological polar surface area (TPSA) is 133 Å². The first-order chi connectivity index (χ1) is 13.5. The van der Waals surface area contributed by atoms with E-state index in [4.69, 9.17) is 21.9 Å². The molecule has 2 amide bonds. The van der Waals surface area contributed by atoms with Crippen LogP contribution in [0.15, 0.2) is 48.5 Å². The smallest absolute Gasteiger partial charge is 0.255 e. The van der Waals surface area contributed by atoms with Crippen molar-refractivity contribution < 1.29 is 14.3 Å². The molecule has 2 aromatic carbocycles. The lowest BCUT2D eigenvalue weighted by atomic mass is 10.0. The van der Waals surface area contributed by atoms with E-state index in [9.17, 15) is 9.59 Å². The van der Waals surface area contributed by atoms with Crippen molar-refractivity contribution in [1.82, 2.24) is 5.32 Å². The number of hydrogen-bond donors (Lipinski definition) is 4. The van der Waals surface area contributed by atoms with Gasteiger partial charge in [-0.15, -0.1) is 0 Å². The number of primary amides is 1. The van der Waals surface area contributed by atoms with Crippen molar-refractivity contribution in [3.05, 3.63) is 54.1 Å². The summed E-state index contributed by atoms with van der Waals surface area (Å²) in [7, 11) is 0. The third-order valence-electron chi connectivity index (χ3n) is 4.30. The van der Waals surface area contributed by atoms with Gasteiger partial charge in [0.2, 0.25) is 5.91 Å². The van der Waals surface area contributed by atoms with E-state index in [2.05, 4.69) is 5.32 Å². The van der Waals surface area contributed by atoms with Crippen LogP contribution in [-0.2, 0) is 16.1 Å². The SMILES string of the molecule is NCCCC[C@H](N)C(=O)NCc1ccc(-c2ccc(OCC(N)=O)cc2)cc1. The Morgan fingerprint density at radius 1 is 0.964 bits per heavy atom. The Hall–Kier alpha value is -2.90. The maximum Gasteiger partial charge on any atom is 0.255 e. The van der Waals surface area contributed by atoms with Gasteiger partial charge in [0, 0.05) is 6.54 Å². The van der Waals surface area contributed by atoms with Gasteiger partial charge >= 0.3 is 0 Å². The molecule has 7 heteroatoms. The van der Waals surface area contributed by atoms with Crippen LogP contribution in [-0.4, -0.2) is 31.0 Å². The van der Waals surface area contributed by atoms with Gasteiger partial charge < -0.3 is 27.3 Å². The van der Waals surface area contributed by atoms with E-state index < -0.39 is 11.9 Å². The van der Waals surface area contributed by atoms with Crippen LogP contribution >= 0.6 is 0 Å². The van der Waals surface area contributed by atoms with Gasteiger partial charge in [-0.2, -0.15) is 0 Å². The molecule has 7 nitrogen and oxygen atoms in total. The lowest BCUT2D eigenvalue weighted by Crippen LogP contribution is -2.40. The summed E-state index contributed by atoms with van der Waals surface area (Å²) in [5, 5.41) is 2.87. The Kier molecular flexibility index (Phi) is 8.45. The van der Waals surface area contributed by atoms with Crippen LogP contribution in [0.4, 0.5) is 0 Å². The number of unbranched alkanes of at least 4 members (excludes halogenated alkanes) is 1. The van der Waals surface area contributed by atoms with Crippen LogP contribution in [0, 0.1) is 0 Å². The van der Waals surface area contributed by atoms with Crippen LogP contribution in [0.25, 0.3) is 11.1 Å². The molecule has 28 heavy (non-hydrogen) atoms. The lowest BCUT2D eigenvalue weighted by molar-refractivity contribution is -0.122. The largest absolute Gasteiger partial charge is 0.484 e. The summed E-state index contributed by atoms with van der Waals surface area (Å²) in [6, 6.07) is 14.8. The summed E-state index contributed by atoms with van der Waals surface area (Å²) in [5.74, 6) is -0.0689. The minimum Gasteiger partial charge on any atom is -0.484 e. The Bertz CT molecular complexity index is 760. The fourth-order valence-electron chi connectivity index (χ4n) is 2.67. The molecule has 0 radical (unpaired) electrons. The molecule has 0 heterocycles. The molecule has 1 atom stereocenters. The summed E-state index contributed by atoms with van der Waals surface area (Å²) < 4.78 is 5.25. The van der Waals surface area contributed by atoms with E-state index >= 15 is 0 Å². The van der Waals surface area contributed by atoms with Crippen LogP contribution in [0.5, 0.6) is 5.75 Å². The van der Waals surface area contributed by atoms with Crippen molar-refractivity contribution in [1.29, 1.82) is 0 Å². The third kappa shape index (κ3) is 7.02. The van der Waals surface area contributed by atoms with Crippen molar-refractivity contribution in [2.24, 2.45) is 17.2 Å². The minimum absolute atomic E-state index is 0.142. The second kappa shape index (κ2) is 11.1. The monoisotopic (exact) mass is 384 g/mol. The van der Waals surface area contributed by atoms with Crippen molar-refractivity contribution >= 4 is 11.8 Å². The second-order valence-corrected chi connectivity index (χ2v) is 6.59. The van der Waals surface area contributed by atoms with Crippen LogP contribution in [0.1, 0.15) is 24.8 Å². The minimum atomic E-state index is -0.511. The molecule has 0 saturated heterocycles. The molecular formula is C21H28N4O3. The van der Waals surface area contributed by atoms with Crippen molar-refractivity contribution in [3.8, 4) is 16.9 Å². The Morgan fingerprint density at radius 2 is 1.57 bits per heavy atom. The number of ether oxygens (including phenoxy) is 1. The summed E-state index contributed by atoms with van der Waals surface area (Å²) in [5.41, 5.74) is 19.4. The number of carbonyl (C=O) groups excluding carboxylic acids is 2. The highest BCUT2D eigenvalue weighted by atomic mass is 16.5. The number of carbonyl (C=O) groups is 2. The molecule has 0 aliphatic rings. The lowest BCUT2D eigenvalue weighted by Gasteiger charge is -2.12. The van der Waals surface area contributed by atoms with E-state index in [0.717, 1.165) is 29.5 Å². The maximum atomic E-state index is 12.0. The first-order valence-electron chi connectivity index (χ1n) is 9.33. The van der Waals surface area contributed by atoms with Gasteiger partial charge in [-0.25, -0.2) is 0 Å². The second-order valence-electron chi connectivity index (χ2n) is 6.59. The van der Waals surface area contributed by atoms with E-state index in [1.54, 1.807) is 12.1 Å². The normalized spacial score (nSPS) is 11.6. The van der Waals surface area contributed by atoms with Crippen molar-refractivity contribution in [3.63, 3.8) is 0 Å². The molecule has 0 aromatic heterocycles. The number of benzene rings is 2. The van der Waals surface area contributed by atoms with Gasteiger partial charge in [0.15, 0.2) is 6.61 Å². The van der Waals surface area contributed by atoms with E-state index in [1.807, 2.05) is 36.4 Å². The molecule has 150 valence electrons. The van der Waals surface area contributed by atoms with E-state index in [0.29, 0.717) is 25.3 Å². The summed E-state index contributed by atoms with van der Waals surface area (Å²) >= 11 is 0. The third-order valence-corrected chi connectivity index (χ3v) is 4.30. The highest BCUT2D eigenvalue weighted by molar-refractivity contribution is 5.81. The molecule has 2 aromatic rings. The predicted octanol–water partition coefficient (Wildman–Crippen LogP) is 1.29. The van der Waals surface area contributed by atoms with Gasteiger partial charge in [-0.3, -0.25) is 9.59 Å². The molecule has 0 fully saturated rings. The average molecular weight is 384 g/mol. The molecule has 0 unspecified atom stereocenters.